The lowest BCUT2D eigenvalue weighted by molar-refractivity contribution is 0.0984. The van der Waals surface area contributed by atoms with Gasteiger partial charge in [-0.05, 0) is 23.8 Å². The van der Waals surface area contributed by atoms with Crippen LogP contribution in [0.4, 0.5) is 11.5 Å². The monoisotopic (exact) mass is 424 g/mol. The van der Waals surface area contributed by atoms with E-state index >= 15 is 0 Å². The molecule has 0 atom stereocenters. The highest BCUT2D eigenvalue weighted by Crippen LogP contribution is 2.23. The summed E-state index contributed by atoms with van der Waals surface area (Å²) in [6.07, 6.45) is 0. The number of nitrogens with zero attached hydrogens (tertiary/aromatic N) is 2. The van der Waals surface area contributed by atoms with Crippen molar-refractivity contribution in [3.63, 3.8) is 0 Å². The molecule has 9 nitrogen and oxygen atoms in total. The number of rotatable bonds is 8. The van der Waals surface area contributed by atoms with Gasteiger partial charge < -0.3 is 15.2 Å². The van der Waals surface area contributed by atoms with Crippen LogP contribution >= 0.6 is 0 Å². The number of anilines is 2. The van der Waals surface area contributed by atoms with Gasteiger partial charge >= 0.3 is 5.69 Å². The number of H-pyrrole nitrogens is 1. The number of nitrogen functional groups attached to an aromatic ring is 1. The zero-order chi connectivity index (χ0) is 22.4. The van der Waals surface area contributed by atoms with Gasteiger partial charge in [0.2, 0.25) is 0 Å². The summed E-state index contributed by atoms with van der Waals surface area (Å²) in [7, 11) is 2.99. The Bertz CT molecular complexity index is 1170. The third-order valence-electron chi connectivity index (χ3n) is 4.75. The first-order valence-electron chi connectivity index (χ1n) is 9.57. The molecule has 0 radical (unpaired) electrons. The molecule has 0 aliphatic carbocycles. The number of carbonyl (C=O) groups is 1. The van der Waals surface area contributed by atoms with Crippen LogP contribution in [0.5, 0.6) is 5.75 Å². The van der Waals surface area contributed by atoms with E-state index in [0.29, 0.717) is 11.3 Å². The van der Waals surface area contributed by atoms with E-state index in [9.17, 15) is 14.4 Å². The van der Waals surface area contributed by atoms with Crippen LogP contribution in [-0.4, -0.2) is 36.3 Å². The number of ether oxygens (including phenoxy) is 2. The van der Waals surface area contributed by atoms with Crippen LogP contribution in [0.25, 0.3) is 0 Å². The maximum Gasteiger partial charge on any atom is 0.330 e. The predicted octanol–water partition coefficient (Wildman–Crippen LogP) is 1.62. The molecule has 0 bridgehead atoms. The van der Waals surface area contributed by atoms with E-state index in [4.69, 9.17) is 15.2 Å². The molecule has 0 aliphatic rings. The highest BCUT2D eigenvalue weighted by Gasteiger charge is 2.26. The molecule has 31 heavy (non-hydrogen) atoms. The first kappa shape index (κ1) is 21.8. The fourth-order valence-corrected chi connectivity index (χ4v) is 3.17. The summed E-state index contributed by atoms with van der Waals surface area (Å²) in [6.45, 7) is 0.405. The number of aromatic nitrogens is 2. The molecule has 0 saturated carbocycles. The molecule has 9 heteroatoms. The molecule has 3 rings (SSSR count). The van der Waals surface area contributed by atoms with Gasteiger partial charge in [-0.3, -0.25) is 24.0 Å². The van der Waals surface area contributed by atoms with Gasteiger partial charge in [-0.15, -0.1) is 0 Å². The van der Waals surface area contributed by atoms with Crippen molar-refractivity contribution in [2.45, 2.75) is 13.1 Å². The van der Waals surface area contributed by atoms with Crippen molar-refractivity contribution in [3.05, 3.63) is 86.6 Å². The molecule has 0 unspecified atom stereocenters. The fraction of sp³-hybridized carbons (Fsp3) is 0.227. The summed E-state index contributed by atoms with van der Waals surface area (Å²) >= 11 is 0. The second kappa shape index (κ2) is 9.77. The minimum absolute atomic E-state index is 0.0760. The first-order valence-corrected chi connectivity index (χ1v) is 9.57. The molecule has 0 aliphatic heterocycles. The summed E-state index contributed by atoms with van der Waals surface area (Å²) in [4.78, 5) is 42.1. The third kappa shape index (κ3) is 4.84. The normalized spacial score (nSPS) is 10.6. The standard InChI is InChI=1S/C22H24N4O5/c1-30-12-11-25-19(23)18(20(27)24-22(25)29)26(14-15-7-4-3-5-8-15)21(28)16-9-6-10-17(13-16)31-2/h3-10,13H,11-12,14,23H2,1-2H3,(H,24,27,29). The molecule has 1 heterocycles. The molecule has 3 N–H and O–H groups in total. The van der Waals surface area contributed by atoms with Gasteiger partial charge in [-0.25, -0.2) is 4.79 Å². The third-order valence-corrected chi connectivity index (χ3v) is 4.75. The molecule has 2 aromatic carbocycles. The number of methoxy groups -OCH3 is 2. The number of amides is 1. The SMILES string of the molecule is COCCn1c(N)c(N(Cc2ccccc2)C(=O)c2cccc(OC)c2)c(=O)[nH]c1=O. The van der Waals surface area contributed by atoms with E-state index < -0.39 is 17.2 Å². The minimum atomic E-state index is -0.747. The Hall–Kier alpha value is -3.85. The first-order chi connectivity index (χ1) is 15.0. The Morgan fingerprint density at radius 2 is 1.84 bits per heavy atom. The molecular formula is C22H24N4O5. The molecule has 3 aromatic rings. The van der Waals surface area contributed by atoms with Gasteiger partial charge in [0, 0.05) is 12.7 Å². The maximum atomic E-state index is 13.5. The molecule has 0 fully saturated rings. The molecule has 0 spiro atoms. The largest absolute Gasteiger partial charge is 0.497 e. The van der Waals surface area contributed by atoms with E-state index in [2.05, 4.69) is 4.98 Å². The summed E-state index contributed by atoms with van der Waals surface area (Å²) in [5.41, 5.74) is 5.79. The minimum Gasteiger partial charge on any atom is -0.497 e. The van der Waals surface area contributed by atoms with Crippen molar-refractivity contribution in [1.82, 2.24) is 9.55 Å². The lowest BCUT2D eigenvalue weighted by atomic mass is 10.1. The van der Waals surface area contributed by atoms with Crippen LogP contribution < -0.4 is 26.6 Å². The van der Waals surface area contributed by atoms with Gasteiger partial charge in [0.05, 0.1) is 26.8 Å². The Morgan fingerprint density at radius 1 is 1.10 bits per heavy atom. The zero-order valence-electron chi connectivity index (χ0n) is 17.3. The highest BCUT2D eigenvalue weighted by atomic mass is 16.5. The number of hydrogen-bond donors (Lipinski definition) is 2. The van der Waals surface area contributed by atoms with E-state index in [1.165, 1.54) is 23.7 Å². The van der Waals surface area contributed by atoms with Gasteiger partial charge in [0.1, 0.15) is 11.6 Å². The van der Waals surface area contributed by atoms with Crippen molar-refractivity contribution >= 4 is 17.4 Å². The van der Waals surface area contributed by atoms with Gasteiger partial charge in [-0.1, -0.05) is 36.4 Å². The van der Waals surface area contributed by atoms with Gasteiger partial charge in [0.15, 0.2) is 5.69 Å². The lowest BCUT2D eigenvalue weighted by Gasteiger charge is -2.25. The van der Waals surface area contributed by atoms with Gasteiger partial charge in [-0.2, -0.15) is 0 Å². The van der Waals surface area contributed by atoms with Gasteiger partial charge in [0.25, 0.3) is 11.5 Å². The van der Waals surface area contributed by atoms with Crippen LogP contribution in [0.3, 0.4) is 0 Å². The number of hydrogen-bond acceptors (Lipinski definition) is 6. The maximum absolute atomic E-state index is 13.5. The molecular weight excluding hydrogens is 400 g/mol. The lowest BCUT2D eigenvalue weighted by Crippen LogP contribution is -2.41. The smallest absolute Gasteiger partial charge is 0.330 e. The molecule has 1 aromatic heterocycles. The average Bonchev–Trinajstić information content (AvgIpc) is 2.78. The van der Waals surface area contributed by atoms with Crippen LogP contribution in [0.15, 0.2) is 64.2 Å². The summed E-state index contributed by atoms with van der Waals surface area (Å²) in [6, 6.07) is 15.8. The zero-order valence-corrected chi connectivity index (χ0v) is 17.3. The van der Waals surface area contributed by atoms with E-state index in [0.717, 1.165) is 5.56 Å². The molecule has 162 valence electrons. The van der Waals surface area contributed by atoms with Crippen LogP contribution in [0, 0.1) is 0 Å². The Morgan fingerprint density at radius 3 is 2.52 bits per heavy atom. The number of nitrogens with one attached hydrogen (secondary N) is 1. The Labute approximate surface area is 178 Å². The van der Waals surface area contributed by atoms with Crippen molar-refractivity contribution in [1.29, 1.82) is 0 Å². The van der Waals surface area contributed by atoms with Crippen LogP contribution in [0.1, 0.15) is 15.9 Å². The second-order valence-corrected chi connectivity index (χ2v) is 6.75. The van der Waals surface area contributed by atoms with Crippen molar-refractivity contribution < 1.29 is 14.3 Å². The number of carbonyl (C=O) groups excluding carboxylic acids is 1. The Balaban J connectivity index is 2.15. The van der Waals surface area contributed by atoms with Crippen molar-refractivity contribution in [3.8, 4) is 5.75 Å². The second-order valence-electron chi connectivity index (χ2n) is 6.75. The summed E-state index contributed by atoms with van der Waals surface area (Å²) in [5, 5.41) is 0. The summed E-state index contributed by atoms with van der Waals surface area (Å²) in [5.74, 6) is -0.0765. The number of benzene rings is 2. The number of nitrogens with two attached hydrogens (primary N) is 1. The predicted molar refractivity (Wildman–Crippen MR) is 118 cm³/mol. The van der Waals surface area contributed by atoms with E-state index in [1.54, 1.807) is 24.3 Å². The van der Waals surface area contributed by atoms with E-state index in [1.807, 2.05) is 30.3 Å². The number of aromatic amines is 1. The van der Waals surface area contributed by atoms with Crippen LogP contribution in [-0.2, 0) is 17.8 Å². The fourth-order valence-electron chi connectivity index (χ4n) is 3.17. The van der Waals surface area contributed by atoms with E-state index in [-0.39, 0.29) is 31.2 Å². The summed E-state index contributed by atoms with van der Waals surface area (Å²) < 4.78 is 11.4. The quantitative estimate of drug-likeness (QED) is 0.567. The molecule has 0 saturated heterocycles. The molecule has 1 amide bonds. The Kier molecular flexibility index (Phi) is 6.88. The highest BCUT2D eigenvalue weighted by molar-refractivity contribution is 6.07. The average molecular weight is 424 g/mol. The van der Waals surface area contributed by atoms with Crippen molar-refractivity contribution in [2.75, 3.05) is 31.5 Å². The van der Waals surface area contributed by atoms with Crippen LogP contribution in [0.2, 0.25) is 0 Å². The topological polar surface area (TPSA) is 120 Å². The van der Waals surface area contributed by atoms with Crippen molar-refractivity contribution in [2.24, 2.45) is 0 Å².